The summed E-state index contributed by atoms with van der Waals surface area (Å²) in [4.78, 5) is 16.0. The summed E-state index contributed by atoms with van der Waals surface area (Å²) >= 11 is 1.48. The van der Waals surface area contributed by atoms with Gasteiger partial charge < -0.3 is 9.64 Å². The molecule has 31 heavy (non-hydrogen) atoms. The lowest BCUT2D eigenvalue weighted by Gasteiger charge is -2.22. The maximum absolute atomic E-state index is 13.3. The molecule has 0 bridgehead atoms. The number of benzene rings is 2. The van der Waals surface area contributed by atoms with E-state index in [9.17, 15) is 4.79 Å². The van der Waals surface area contributed by atoms with E-state index in [4.69, 9.17) is 9.84 Å². The molecule has 2 aromatic heterocycles. The van der Waals surface area contributed by atoms with Gasteiger partial charge in [-0.1, -0.05) is 54.6 Å². The van der Waals surface area contributed by atoms with Crippen molar-refractivity contribution in [3.8, 4) is 22.9 Å². The van der Waals surface area contributed by atoms with E-state index >= 15 is 0 Å². The molecular formula is C25H23N3O2S. The summed E-state index contributed by atoms with van der Waals surface area (Å²) in [6.07, 6.45) is 2.07. The van der Waals surface area contributed by atoms with Crippen LogP contribution in [0.4, 0.5) is 0 Å². The maximum atomic E-state index is 13.3. The predicted octanol–water partition coefficient (Wildman–Crippen LogP) is 5.75. The van der Waals surface area contributed by atoms with Gasteiger partial charge in [-0.3, -0.25) is 4.79 Å². The SMILES string of the molecule is Cn1nc(-c2ccccc2)c(CN(C(=O)c2cccs2)C2CC2)c1Oc1ccccc1. The summed E-state index contributed by atoms with van der Waals surface area (Å²) in [6, 6.07) is 23.9. The molecule has 4 aromatic rings. The minimum absolute atomic E-state index is 0.0750. The second-order valence-electron chi connectivity index (χ2n) is 7.68. The molecule has 2 heterocycles. The highest BCUT2D eigenvalue weighted by molar-refractivity contribution is 7.12. The van der Waals surface area contributed by atoms with E-state index in [2.05, 4.69) is 0 Å². The van der Waals surface area contributed by atoms with Crippen LogP contribution in [-0.2, 0) is 13.6 Å². The molecule has 0 spiro atoms. The van der Waals surface area contributed by atoms with Gasteiger partial charge in [0.15, 0.2) is 0 Å². The van der Waals surface area contributed by atoms with Gasteiger partial charge in [-0.2, -0.15) is 5.10 Å². The van der Waals surface area contributed by atoms with Gasteiger partial charge in [0.25, 0.3) is 5.91 Å². The molecule has 0 saturated heterocycles. The van der Waals surface area contributed by atoms with Crippen LogP contribution in [0.1, 0.15) is 28.1 Å². The molecule has 156 valence electrons. The van der Waals surface area contributed by atoms with Gasteiger partial charge in [-0.05, 0) is 36.4 Å². The van der Waals surface area contributed by atoms with E-state index < -0.39 is 0 Å². The number of thiophene rings is 1. The van der Waals surface area contributed by atoms with Crippen molar-refractivity contribution in [2.24, 2.45) is 7.05 Å². The summed E-state index contributed by atoms with van der Waals surface area (Å²) in [5, 5.41) is 6.73. The number of hydrogen-bond acceptors (Lipinski definition) is 4. The lowest BCUT2D eigenvalue weighted by molar-refractivity contribution is 0.0734. The van der Waals surface area contributed by atoms with E-state index in [1.807, 2.05) is 90.1 Å². The first-order chi connectivity index (χ1) is 15.2. The molecule has 0 aliphatic heterocycles. The van der Waals surface area contributed by atoms with Crippen LogP contribution in [0.5, 0.6) is 11.6 Å². The van der Waals surface area contributed by atoms with Gasteiger partial charge in [0.2, 0.25) is 5.88 Å². The number of para-hydroxylation sites is 1. The van der Waals surface area contributed by atoms with E-state index in [1.165, 1.54) is 11.3 Å². The Hall–Kier alpha value is -3.38. The highest BCUT2D eigenvalue weighted by Crippen LogP contribution is 2.37. The molecule has 0 unspecified atom stereocenters. The Morgan fingerprint density at radius 3 is 2.42 bits per heavy atom. The van der Waals surface area contributed by atoms with Gasteiger partial charge in [0.05, 0.1) is 17.0 Å². The van der Waals surface area contributed by atoms with Crippen molar-refractivity contribution in [2.45, 2.75) is 25.4 Å². The van der Waals surface area contributed by atoms with E-state index in [-0.39, 0.29) is 11.9 Å². The quantitative estimate of drug-likeness (QED) is 0.376. The molecule has 0 atom stereocenters. The summed E-state index contributed by atoms with van der Waals surface area (Å²) in [7, 11) is 1.89. The number of hydrogen-bond donors (Lipinski definition) is 0. The number of aryl methyl sites for hydroxylation is 1. The van der Waals surface area contributed by atoms with Crippen LogP contribution in [0, 0.1) is 0 Å². The molecule has 0 radical (unpaired) electrons. The monoisotopic (exact) mass is 429 g/mol. The Morgan fingerprint density at radius 2 is 1.77 bits per heavy atom. The van der Waals surface area contributed by atoms with Crippen LogP contribution >= 0.6 is 11.3 Å². The first-order valence-corrected chi connectivity index (χ1v) is 11.3. The average molecular weight is 430 g/mol. The molecule has 1 amide bonds. The van der Waals surface area contributed by atoms with Crippen molar-refractivity contribution >= 4 is 17.2 Å². The Bertz CT molecular complexity index is 1170. The zero-order valence-electron chi connectivity index (χ0n) is 17.3. The smallest absolute Gasteiger partial charge is 0.264 e. The van der Waals surface area contributed by atoms with Crippen LogP contribution in [0.25, 0.3) is 11.3 Å². The Balaban J connectivity index is 1.57. The fraction of sp³-hybridized carbons (Fsp3) is 0.200. The van der Waals surface area contributed by atoms with Gasteiger partial charge in [-0.25, -0.2) is 4.68 Å². The molecule has 0 N–H and O–H groups in total. The van der Waals surface area contributed by atoms with Gasteiger partial charge in [0.1, 0.15) is 11.4 Å². The fourth-order valence-electron chi connectivity index (χ4n) is 3.72. The first kappa shape index (κ1) is 19.6. The normalized spacial score (nSPS) is 13.2. The average Bonchev–Trinajstić information content (AvgIpc) is 3.40. The van der Waals surface area contributed by atoms with Crippen molar-refractivity contribution in [1.82, 2.24) is 14.7 Å². The van der Waals surface area contributed by atoms with E-state index in [1.54, 1.807) is 4.68 Å². The Labute approximate surface area is 185 Å². The van der Waals surface area contributed by atoms with Gasteiger partial charge in [0, 0.05) is 18.7 Å². The number of aromatic nitrogens is 2. The fourth-order valence-corrected chi connectivity index (χ4v) is 4.39. The van der Waals surface area contributed by atoms with Crippen LogP contribution in [0.2, 0.25) is 0 Å². The van der Waals surface area contributed by atoms with Crippen LogP contribution < -0.4 is 4.74 Å². The molecule has 2 aromatic carbocycles. The predicted molar refractivity (Wildman–Crippen MR) is 122 cm³/mol. The zero-order valence-corrected chi connectivity index (χ0v) is 18.1. The Kier molecular flexibility index (Phi) is 5.30. The lowest BCUT2D eigenvalue weighted by atomic mass is 10.1. The molecule has 1 saturated carbocycles. The van der Waals surface area contributed by atoms with Crippen molar-refractivity contribution in [3.05, 3.63) is 88.6 Å². The van der Waals surface area contributed by atoms with Crippen molar-refractivity contribution in [3.63, 3.8) is 0 Å². The highest BCUT2D eigenvalue weighted by Gasteiger charge is 2.35. The molecule has 5 nitrogen and oxygen atoms in total. The molecular weight excluding hydrogens is 406 g/mol. The third-order valence-corrected chi connectivity index (χ3v) is 6.26. The third-order valence-electron chi connectivity index (χ3n) is 5.40. The van der Waals surface area contributed by atoms with Crippen LogP contribution in [0.3, 0.4) is 0 Å². The largest absolute Gasteiger partial charge is 0.439 e. The first-order valence-electron chi connectivity index (χ1n) is 10.4. The number of carbonyl (C=O) groups excluding carboxylic acids is 1. The molecule has 1 aliphatic carbocycles. The van der Waals surface area contributed by atoms with E-state index in [0.717, 1.165) is 40.3 Å². The summed E-state index contributed by atoms with van der Waals surface area (Å²) < 4.78 is 8.05. The number of rotatable bonds is 7. The number of ether oxygens (including phenoxy) is 1. The second-order valence-corrected chi connectivity index (χ2v) is 8.63. The molecule has 5 rings (SSSR count). The van der Waals surface area contributed by atoms with Gasteiger partial charge in [-0.15, -0.1) is 11.3 Å². The topological polar surface area (TPSA) is 47.4 Å². The van der Waals surface area contributed by atoms with Crippen molar-refractivity contribution in [2.75, 3.05) is 0 Å². The summed E-state index contributed by atoms with van der Waals surface area (Å²) in [6.45, 7) is 0.460. The molecule has 1 fully saturated rings. The number of amides is 1. The minimum atomic E-state index is 0.0750. The van der Waals surface area contributed by atoms with E-state index in [0.29, 0.717) is 12.4 Å². The maximum Gasteiger partial charge on any atom is 0.264 e. The Morgan fingerprint density at radius 1 is 1.06 bits per heavy atom. The van der Waals surface area contributed by atoms with Crippen LogP contribution in [-0.4, -0.2) is 26.6 Å². The minimum Gasteiger partial charge on any atom is -0.439 e. The zero-order chi connectivity index (χ0) is 21.2. The van der Waals surface area contributed by atoms with Crippen LogP contribution in [0.15, 0.2) is 78.2 Å². The number of carbonyl (C=O) groups is 1. The third kappa shape index (κ3) is 4.11. The summed E-state index contributed by atoms with van der Waals surface area (Å²) in [5.41, 5.74) is 2.78. The lowest BCUT2D eigenvalue weighted by Crippen LogP contribution is -2.32. The standard InChI is InChI=1S/C25H23N3O2S/c1-27-25(30-20-11-6-3-7-12-20)21(23(26-27)18-9-4-2-5-10-18)17-28(19-14-15-19)24(29)22-13-8-16-31-22/h2-13,16,19H,14-15,17H2,1H3. The van der Waals surface area contributed by atoms with Crippen molar-refractivity contribution < 1.29 is 9.53 Å². The second kappa shape index (κ2) is 8.40. The van der Waals surface area contributed by atoms with Crippen molar-refractivity contribution in [1.29, 1.82) is 0 Å². The highest BCUT2D eigenvalue weighted by atomic mass is 32.1. The number of nitrogens with zero attached hydrogens (tertiary/aromatic N) is 3. The van der Waals surface area contributed by atoms with Gasteiger partial charge >= 0.3 is 0 Å². The summed E-state index contributed by atoms with van der Waals surface area (Å²) in [5.74, 6) is 1.48. The molecule has 6 heteroatoms. The molecule has 1 aliphatic rings.